The molecule has 0 atom stereocenters. The number of thiazole rings is 1. The van der Waals surface area contributed by atoms with Gasteiger partial charge in [-0.15, -0.1) is 0 Å². The van der Waals surface area contributed by atoms with Crippen molar-refractivity contribution in [1.82, 2.24) is 4.98 Å². The molecule has 0 fully saturated rings. The molecule has 6 heteroatoms. The molecule has 1 amide bonds. The number of carbonyl (C=O) groups is 1. The molecule has 3 heterocycles. The summed E-state index contributed by atoms with van der Waals surface area (Å²) in [5.41, 5.74) is 1.54. The van der Waals surface area contributed by atoms with E-state index in [0.717, 1.165) is 15.6 Å². The number of carbonyl (C=O) groups excluding carboxylic acids is 1. The first-order valence-corrected chi connectivity index (χ1v) is 9.28. The highest BCUT2D eigenvalue weighted by Gasteiger charge is 2.25. The van der Waals surface area contributed by atoms with Crippen molar-refractivity contribution < 1.29 is 13.6 Å². The van der Waals surface area contributed by atoms with Gasteiger partial charge in [-0.05, 0) is 36.4 Å². The highest BCUT2D eigenvalue weighted by Crippen LogP contribution is 2.31. The van der Waals surface area contributed by atoms with E-state index in [1.165, 1.54) is 11.3 Å². The number of para-hydroxylation sites is 2. The van der Waals surface area contributed by atoms with Gasteiger partial charge in [0.1, 0.15) is 11.3 Å². The SMILES string of the molecule is O=C(c1cc2ccccc2o1)N(Cc1ccco1)c1nc2ccccc2s1. The molecule has 0 aliphatic heterocycles. The number of anilines is 1. The average Bonchev–Trinajstić information content (AvgIpc) is 3.44. The van der Waals surface area contributed by atoms with E-state index in [-0.39, 0.29) is 18.2 Å². The maximum atomic E-state index is 13.3. The number of aromatic nitrogens is 1. The van der Waals surface area contributed by atoms with Crippen molar-refractivity contribution in [2.45, 2.75) is 6.54 Å². The van der Waals surface area contributed by atoms with Gasteiger partial charge in [0.05, 0.1) is 23.0 Å². The lowest BCUT2D eigenvalue weighted by molar-refractivity contribution is 0.0958. The molecule has 2 aromatic carbocycles. The van der Waals surface area contributed by atoms with Crippen molar-refractivity contribution in [3.05, 3.63) is 84.5 Å². The fraction of sp³-hybridized carbons (Fsp3) is 0.0476. The Bertz CT molecular complexity index is 1170. The van der Waals surface area contributed by atoms with Gasteiger partial charge in [-0.25, -0.2) is 4.98 Å². The Hall–Kier alpha value is -3.38. The summed E-state index contributed by atoms with van der Waals surface area (Å²) in [4.78, 5) is 19.5. The highest BCUT2D eigenvalue weighted by molar-refractivity contribution is 7.22. The summed E-state index contributed by atoms with van der Waals surface area (Å²) in [5, 5.41) is 1.50. The molecule has 0 spiro atoms. The van der Waals surface area contributed by atoms with Crippen molar-refractivity contribution in [2.75, 3.05) is 4.90 Å². The third-order valence-corrected chi connectivity index (χ3v) is 5.35. The minimum Gasteiger partial charge on any atom is -0.467 e. The largest absolute Gasteiger partial charge is 0.467 e. The second-order valence-electron chi connectivity index (χ2n) is 6.08. The van der Waals surface area contributed by atoms with E-state index in [1.807, 2.05) is 54.6 Å². The third kappa shape index (κ3) is 2.90. The summed E-state index contributed by atoms with van der Waals surface area (Å²) in [5.74, 6) is 0.711. The van der Waals surface area contributed by atoms with Gasteiger partial charge in [0.15, 0.2) is 10.9 Å². The lowest BCUT2D eigenvalue weighted by Crippen LogP contribution is -2.29. The van der Waals surface area contributed by atoms with Gasteiger partial charge in [-0.3, -0.25) is 9.69 Å². The van der Waals surface area contributed by atoms with Crippen LogP contribution < -0.4 is 4.90 Å². The van der Waals surface area contributed by atoms with Crippen LogP contribution >= 0.6 is 11.3 Å². The molecular weight excluding hydrogens is 360 g/mol. The van der Waals surface area contributed by atoms with Gasteiger partial charge >= 0.3 is 0 Å². The van der Waals surface area contributed by atoms with Gasteiger partial charge < -0.3 is 8.83 Å². The van der Waals surface area contributed by atoms with E-state index >= 15 is 0 Å². The quantitative estimate of drug-likeness (QED) is 0.418. The summed E-state index contributed by atoms with van der Waals surface area (Å²) in [6.45, 7) is 0.280. The van der Waals surface area contributed by atoms with Crippen molar-refractivity contribution in [1.29, 1.82) is 0 Å². The normalized spacial score (nSPS) is 11.3. The molecule has 5 aromatic rings. The van der Waals surface area contributed by atoms with Gasteiger partial charge in [0.25, 0.3) is 5.91 Å². The number of benzene rings is 2. The zero-order chi connectivity index (χ0) is 18.2. The van der Waals surface area contributed by atoms with Crippen molar-refractivity contribution in [3.63, 3.8) is 0 Å². The predicted molar refractivity (Wildman–Crippen MR) is 105 cm³/mol. The van der Waals surface area contributed by atoms with Crippen molar-refractivity contribution in [2.24, 2.45) is 0 Å². The number of nitrogens with zero attached hydrogens (tertiary/aromatic N) is 2. The van der Waals surface area contributed by atoms with Gasteiger partial charge in [0.2, 0.25) is 0 Å². The monoisotopic (exact) mass is 374 g/mol. The number of amides is 1. The van der Waals surface area contributed by atoms with Gasteiger partial charge in [0, 0.05) is 5.39 Å². The molecule has 0 saturated carbocycles. The fourth-order valence-corrected chi connectivity index (χ4v) is 3.94. The first kappa shape index (κ1) is 15.8. The Morgan fingerprint density at radius 3 is 2.70 bits per heavy atom. The number of rotatable bonds is 4. The van der Waals surface area contributed by atoms with Crippen LogP contribution in [0.5, 0.6) is 0 Å². The molecule has 3 aromatic heterocycles. The summed E-state index contributed by atoms with van der Waals surface area (Å²) in [6.07, 6.45) is 1.59. The molecule has 0 radical (unpaired) electrons. The summed E-state index contributed by atoms with van der Waals surface area (Å²) in [6, 6.07) is 20.8. The van der Waals surface area contributed by atoms with Crippen LogP contribution in [-0.4, -0.2) is 10.9 Å². The van der Waals surface area contributed by atoms with E-state index in [4.69, 9.17) is 8.83 Å². The van der Waals surface area contributed by atoms with Crippen molar-refractivity contribution >= 4 is 43.6 Å². The Morgan fingerprint density at radius 2 is 1.89 bits per heavy atom. The molecular formula is C21H14N2O3S. The lowest BCUT2D eigenvalue weighted by atomic mass is 10.2. The topological polar surface area (TPSA) is 59.5 Å². The Balaban J connectivity index is 1.58. The van der Waals surface area contributed by atoms with Crippen LogP contribution in [0.4, 0.5) is 5.13 Å². The molecule has 0 aliphatic carbocycles. The third-order valence-electron chi connectivity index (χ3n) is 4.29. The van der Waals surface area contributed by atoms with Crippen LogP contribution in [0.2, 0.25) is 0 Å². The number of hydrogen-bond donors (Lipinski definition) is 0. The highest BCUT2D eigenvalue weighted by atomic mass is 32.1. The average molecular weight is 374 g/mol. The molecule has 0 unspecified atom stereocenters. The van der Waals surface area contributed by atoms with E-state index < -0.39 is 0 Å². The van der Waals surface area contributed by atoms with Crippen LogP contribution in [0.15, 0.2) is 81.8 Å². The van der Waals surface area contributed by atoms with Crippen LogP contribution in [-0.2, 0) is 6.54 Å². The number of fused-ring (bicyclic) bond motifs is 2. The Morgan fingerprint density at radius 1 is 1.04 bits per heavy atom. The van der Waals surface area contributed by atoms with Crippen LogP contribution in [0.3, 0.4) is 0 Å². The summed E-state index contributed by atoms with van der Waals surface area (Å²) >= 11 is 1.47. The molecule has 132 valence electrons. The number of furan rings is 2. The first-order chi connectivity index (χ1) is 13.3. The molecule has 27 heavy (non-hydrogen) atoms. The van der Waals surface area contributed by atoms with Gasteiger partial charge in [-0.1, -0.05) is 41.7 Å². The summed E-state index contributed by atoms with van der Waals surface area (Å²) < 4.78 is 12.3. The minimum absolute atomic E-state index is 0.248. The zero-order valence-electron chi connectivity index (χ0n) is 14.2. The first-order valence-electron chi connectivity index (χ1n) is 8.46. The number of hydrogen-bond acceptors (Lipinski definition) is 5. The van der Waals surface area contributed by atoms with E-state index in [9.17, 15) is 4.79 Å². The maximum absolute atomic E-state index is 13.3. The minimum atomic E-state index is -0.248. The van der Waals surface area contributed by atoms with Crippen LogP contribution in [0.25, 0.3) is 21.2 Å². The standard InChI is InChI=1S/C21H14N2O3S/c24-20(18-12-14-6-1-3-9-17(14)26-18)23(13-15-7-5-11-25-15)21-22-16-8-2-4-10-19(16)27-21/h1-12H,13H2. The van der Waals surface area contributed by atoms with Gasteiger partial charge in [-0.2, -0.15) is 0 Å². The molecule has 0 bridgehead atoms. The second-order valence-corrected chi connectivity index (χ2v) is 7.09. The Kier molecular flexibility index (Phi) is 3.76. The van der Waals surface area contributed by atoms with E-state index in [2.05, 4.69) is 4.98 Å². The predicted octanol–water partition coefficient (Wildman–Crippen LogP) is 5.48. The molecule has 5 rings (SSSR count). The second kappa shape index (κ2) is 6.41. The fourth-order valence-electron chi connectivity index (χ4n) is 2.98. The van der Waals surface area contributed by atoms with E-state index in [0.29, 0.717) is 16.5 Å². The van der Waals surface area contributed by atoms with Crippen LogP contribution in [0.1, 0.15) is 16.3 Å². The van der Waals surface area contributed by atoms with E-state index in [1.54, 1.807) is 23.3 Å². The van der Waals surface area contributed by atoms with Crippen LogP contribution in [0, 0.1) is 0 Å². The maximum Gasteiger partial charge on any atom is 0.296 e. The molecule has 0 aliphatic rings. The summed E-state index contributed by atoms with van der Waals surface area (Å²) in [7, 11) is 0. The van der Waals surface area contributed by atoms with Crippen molar-refractivity contribution in [3.8, 4) is 0 Å². The Labute approximate surface area is 158 Å². The lowest BCUT2D eigenvalue weighted by Gasteiger charge is -2.17. The molecule has 0 saturated heterocycles. The zero-order valence-corrected chi connectivity index (χ0v) is 15.0. The smallest absolute Gasteiger partial charge is 0.296 e. The molecule has 5 nitrogen and oxygen atoms in total. The molecule has 0 N–H and O–H groups in total.